The van der Waals surface area contributed by atoms with Crippen LogP contribution >= 0.6 is 0 Å². The number of ether oxygens (including phenoxy) is 3. The van der Waals surface area contributed by atoms with Gasteiger partial charge in [-0.1, -0.05) is 6.07 Å². The normalized spacial score (nSPS) is 28.1. The molecular weight excluding hydrogens is 332 g/mol. The van der Waals surface area contributed by atoms with Gasteiger partial charge in [-0.25, -0.2) is 0 Å². The first-order chi connectivity index (χ1) is 12.7. The molecule has 1 saturated carbocycles. The number of carbonyl (C=O) groups is 1. The maximum Gasteiger partial charge on any atom is 0.231 e. The molecule has 3 fully saturated rings. The van der Waals surface area contributed by atoms with Crippen LogP contribution in [0.25, 0.3) is 0 Å². The number of benzene rings is 1. The van der Waals surface area contributed by atoms with E-state index in [9.17, 15) is 4.79 Å². The number of amides is 1. The van der Waals surface area contributed by atoms with Crippen molar-refractivity contribution in [2.45, 2.75) is 25.4 Å². The van der Waals surface area contributed by atoms with Crippen LogP contribution < -0.4 is 9.47 Å². The minimum atomic E-state index is 0.175. The van der Waals surface area contributed by atoms with Crippen molar-refractivity contribution in [3.63, 3.8) is 0 Å². The summed E-state index contributed by atoms with van der Waals surface area (Å²) in [6.45, 7) is 5.90. The molecule has 1 aromatic carbocycles. The molecular formula is C20H26N2O4. The first-order valence-corrected chi connectivity index (χ1v) is 9.75. The van der Waals surface area contributed by atoms with Crippen molar-refractivity contribution >= 4 is 5.91 Å². The fourth-order valence-corrected chi connectivity index (χ4v) is 4.33. The number of hydrogen-bond donors (Lipinski definition) is 0. The summed E-state index contributed by atoms with van der Waals surface area (Å²) in [6, 6.07) is 5.76. The van der Waals surface area contributed by atoms with Crippen LogP contribution in [0.2, 0.25) is 0 Å². The minimum Gasteiger partial charge on any atom is -0.454 e. The Hall–Kier alpha value is -1.79. The fraction of sp³-hybridized carbons (Fsp3) is 0.650. The van der Waals surface area contributed by atoms with Gasteiger partial charge in [-0.3, -0.25) is 4.79 Å². The molecule has 6 heteroatoms. The molecule has 140 valence electrons. The van der Waals surface area contributed by atoms with Crippen LogP contribution in [0.4, 0.5) is 0 Å². The van der Waals surface area contributed by atoms with Crippen LogP contribution in [-0.2, 0) is 16.0 Å². The Kier molecular flexibility index (Phi) is 4.25. The lowest BCUT2D eigenvalue weighted by Crippen LogP contribution is -2.35. The third kappa shape index (κ3) is 3.40. The van der Waals surface area contributed by atoms with Gasteiger partial charge in [-0.15, -0.1) is 0 Å². The van der Waals surface area contributed by atoms with Gasteiger partial charge in [-0.2, -0.15) is 0 Å². The summed E-state index contributed by atoms with van der Waals surface area (Å²) in [5.41, 5.74) is 0.975. The van der Waals surface area contributed by atoms with E-state index < -0.39 is 0 Å². The summed E-state index contributed by atoms with van der Waals surface area (Å²) in [4.78, 5) is 17.3. The second kappa shape index (κ2) is 6.74. The highest BCUT2D eigenvalue weighted by Gasteiger charge is 2.39. The Morgan fingerprint density at radius 2 is 2.00 bits per heavy atom. The Morgan fingerprint density at radius 3 is 2.88 bits per heavy atom. The van der Waals surface area contributed by atoms with Crippen molar-refractivity contribution < 1.29 is 19.0 Å². The number of rotatable bonds is 4. The van der Waals surface area contributed by atoms with Crippen LogP contribution in [0.15, 0.2) is 18.2 Å². The highest BCUT2D eigenvalue weighted by Crippen LogP contribution is 2.33. The van der Waals surface area contributed by atoms with Gasteiger partial charge in [0, 0.05) is 38.6 Å². The van der Waals surface area contributed by atoms with Crippen molar-refractivity contribution in [1.82, 2.24) is 9.80 Å². The summed E-state index contributed by atoms with van der Waals surface area (Å²) >= 11 is 0. The quantitative estimate of drug-likeness (QED) is 0.817. The minimum absolute atomic E-state index is 0.175. The molecule has 3 aliphatic heterocycles. The lowest BCUT2D eigenvalue weighted by Gasteiger charge is -2.23. The van der Waals surface area contributed by atoms with E-state index in [0.717, 1.165) is 55.8 Å². The first-order valence-electron chi connectivity index (χ1n) is 9.75. The molecule has 0 bridgehead atoms. The van der Waals surface area contributed by atoms with E-state index in [-0.39, 0.29) is 18.8 Å². The molecule has 5 rings (SSSR count). The first kappa shape index (κ1) is 16.4. The number of fused-ring (bicyclic) bond motifs is 2. The average molecular weight is 358 g/mol. The molecule has 1 aromatic rings. The molecule has 26 heavy (non-hydrogen) atoms. The Labute approximate surface area is 154 Å². The van der Waals surface area contributed by atoms with Gasteiger partial charge < -0.3 is 24.0 Å². The van der Waals surface area contributed by atoms with Gasteiger partial charge in [0.15, 0.2) is 11.5 Å². The van der Waals surface area contributed by atoms with E-state index in [1.807, 2.05) is 23.1 Å². The Morgan fingerprint density at radius 1 is 1.12 bits per heavy atom. The summed E-state index contributed by atoms with van der Waals surface area (Å²) in [7, 11) is 0. The van der Waals surface area contributed by atoms with Crippen LogP contribution in [0, 0.1) is 11.8 Å². The second-order valence-corrected chi connectivity index (χ2v) is 8.04. The predicted octanol–water partition coefficient (Wildman–Crippen LogP) is 1.53. The molecule has 1 aliphatic carbocycles. The molecule has 1 amide bonds. The topological polar surface area (TPSA) is 51.2 Å². The van der Waals surface area contributed by atoms with E-state index in [1.54, 1.807) is 0 Å². The largest absolute Gasteiger partial charge is 0.454 e. The van der Waals surface area contributed by atoms with Crippen molar-refractivity contribution in [3.05, 3.63) is 23.8 Å². The van der Waals surface area contributed by atoms with Crippen LogP contribution in [0.5, 0.6) is 11.5 Å². The maximum absolute atomic E-state index is 12.8. The monoisotopic (exact) mass is 358 g/mol. The summed E-state index contributed by atoms with van der Waals surface area (Å²) in [6.07, 6.45) is 3.36. The number of likely N-dealkylation sites (tertiary alicyclic amines) is 1. The van der Waals surface area contributed by atoms with Gasteiger partial charge in [0.05, 0.1) is 19.1 Å². The molecule has 0 radical (unpaired) electrons. The molecule has 0 spiro atoms. The number of nitrogens with zero attached hydrogens (tertiary/aromatic N) is 2. The fourth-order valence-electron chi connectivity index (χ4n) is 4.33. The molecule has 0 aromatic heterocycles. The zero-order valence-corrected chi connectivity index (χ0v) is 15.1. The van der Waals surface area contributed by atoms with Crippen LogP contribution in [0.1, 0.15) is 18.4 Å². The lowest BCUT2D eigenvalue weighted by molar-refractivity contribution is -0.130. The van der Waals surface area contributed by atoms with Crippen LogP contribution in [-0.4, -0.2) is 67.9 Å². The molecule has 2 saturated heterocycles. The van der Waals surface area contributed by atoms with E-state index in [2.05, 4.69) is 4.90 Å². The summed E-state index contributed by atoms with van der Waals surface area (Å²) in [5.74, 6) is 3.01. The van der Waals surface area contributed by atoms with Gasteiger partial charge in [0.25, 0.3) is 0 Å². The Bertz CT molecular complexity index is 690. The smallest absolute Gasteiger partial charge is 0.231 e. The standard InChI is InChI=1S/C20H26N2O4/c23-20(8-15-3-4-17-18(7-15)26-13-25-17)22-11-16-10-21(9-14-1-2-14)5-6-24-19(16)12-22/h3-4,7,14,16,19H,1-2,5-6,8-13H2/t16-,19+/m0/s1. The number of hydrogen-bond acceptors (Lipinski definition) is 5. The maximum atomic E-state index is 12.8. The number of carbonyl (C=O) groups excluding carboxylic acids is 1. The Balaban J connectivity index is 1.20. The molecule has 3 heterocycles. The van der Waals surface area contributed by atoms with Gasteiger partial charge in [-0.05, 0) is 36.5 Å². The van der Waals surface area contributed by atoms with Crippen molar-refractivity contribution in [3.8, 4) is 11.5 Å². The molecule has 0 unspecified atom stereocenters. The van der Waals surface area contributed by atoms with Crippen LogP contribution in [0.3, 0.4) is 0 Å². The zero-order chi connectivity index (χ0) is 17.5. The SMILES string of the molecule is O=C(Cc1ccc2c(c1)OCO2)N1C[C@@H]2CN(CC3CC3)CCO[C@@H]2C1. The predicted molar refractivity (Wildman–Crippen MR) is 95.2 cm³/mol. The summed E-state index contributed by atoms with van der Waals surface area (Å²) in [5, 5.41) is 0. The summed E-state index contributed by atoms with van der Waals surface area (Å²) < 4.78 is 16.8. The van der Waals surface area contributed by atoms with Gasteiger partial charge in [0.1, 0.15) is 0 Å². The highest BCUT2D eigenvalue weighted by molar-refractivity contribution is 5.79. The zero-order valence-electron chi connectivity index (χ0n) is 15.1. The van der Waals surface area contributed by atoms with Gasteiger partial charge >= 0.3 is 0 Å². The van der Waals surface area contributed by atoms with Crippen molar-refractivity contribution in [2.24, 2.45) is 11.8 Å². The van der Waals surface area contributed by atoms with E-state index in [4.69, 9.17) is 14.2 Å². The molecule has 2 atom stereocenters. The second-order valence-electron chi connectivity index (χ2n) is 8.04. The average Bonchev–Trinajstić information content (AvgIpc) is 3.23. The van der Waals surface area contributed by atoms with E-state index in [0.29, 0.717) is 12.3 Å². The van der Waals surface area contributed by atoms with Crippen molar-refractivity contribution in [1.29, 1.82) is 0 Å². The molecule has 0 N–H and O–H groups in total. The molecule has 4 aliphatic rings. The third-order valence-electron chi connectivity index (χ3n) is 5.97. The highest BCUT2D eigenvalue weighted by atomic mass is 16.7. The van der Waals surface area contributed by atoms with Gasteiger partial charge in [0.2, 0.25) is 12.7 Å². The lowest BCUT2D eigenvalue weighted by atomic mass is 10.1. The van der Waals surface area contributed by atoms with Crippen molar-refractivity contribution in [2.75, 3.05) is 46.1 Å². The third-order valence-corrected chi connectivity index (χ3v) is 5.97. The van der Waals surface area contributed by atoms with E-state index in [1.165, 1.54) is 19.4 Å². The molecule has 6 nitrogen and oxygen atoms in total. The van der Waals surface area contributed by atoms with E-state index >= 15 is 0 Å².